The van der Waals surface area contributed by atoms with Crippen LogP contribution in [0.3, 0.4) is 0 Å². The molecule has 0 aliphatic rings. The van der Waals surface area contributed by atoms with Crippen molar-refractivity contribution < 1.29 is 14.3 Å². The van der Waals surface area contributed by atoms with Crippen molar-refractivity contribution in [3.05, 3.63) is 53.0 Å². The van der Waals surface area contributed by atoms with Gasteiger partial charge in [-0.2, -0.15) is 0 Å². The average Bonchev–Trinajstić information content (AvgIpc) is 2.54. The fraction of sp³-hybridized carbons (Fsp3) is 0.125. The Morgan fingerprint density at radius 3 is 2.61 bits per heavy atom. The molecule has 0 heterocycles. The number of thiocarbonyl (C=S) groups is 1. The minimum Gasteiger partial charge on any atom is -0.496 e. The van der Waals surface area contributed by atoms with Gasteiger partial charge in [0.1, 0.15) is 11.5 Å². The van der Waals surface area contributed by atoms with E-state index in [9.17, 15) is 4.79 Å². The smallest absolute Gasteiger partial charge is 0.264 e. The summed E-state index contributed by atoms with van der Waals surface area (Å²) in [5.74, 6) is 1.00. The fourth-order valence-electron chi connectivity index (χ4n) is 1.73. The quantitative estimate of drug-likeness (QED) is 0.761. The molecule has 7 heteroatoms. The SMILES string of the molecule is COc1ccc(NC(=S)NC(=O)COc2ccccc2)cc1Br. The predicted molar refractivity (Wildman–Crippen MR) is 97.0 cm³/mol. The lowest BCUT2D eigenvalue weighted by Gasteiger charge is -2.11. The molecule has 2 N–H and O–H groups in total. The highest BCUT2D eigenvalue weighted by Crippen LogP contribution is 2.27. The van der Waals surface area contributed by atoms with Gasteiger partial charge in [-0.1, -0.05) is 18.2 Å². The molecule has 0 atom stereocenters. The first-order valence-corrected chi connectivity index (χ1v) is 7.91. The third-order valence-electron chi connectivity index (χ3n) is 2.78. The highest BCUT2D eigenvalue weighted by Gasteiger charge is 2.07. The summed E-state index contributed by atoms with van der Waals surface area (Å²) in [6.07, 6.45) is 0. The number of nitrogens with one attached hydrogen (secondary N) is 2. The van der Waals surface area contributed by atoms with Gasteiger partial charge in [0.25, 0.3) is 5.91 Å². The first-order chi connectivity index (χ1) is 11.1. The summed E-state index contributed by atoms with van der Waals surface area (Å²) >= 11 is 8.49. The Bertz CT molecular complexity index is 695. The van der Waals surface area contributed by atoms with Crippen molar-refractivity contribution in [3.63, 3.8) is 0 Å². The Hall–Kier alpha value is -2.12. The molecule has 2 aromatic rings. The fourth-order valence-corrected chi connectivity index (χ4v) is 2.51. The molecule has 120 valence electrons. The monoisotopic (exact) mass is 394 g/mol. The van der Waals surface area contributed by atoms with E-state index in [1.165, 1.54) is 0 Å². The minimum absolute atomic E-state index is 0.113. The molecule has 0 bridgehead atoms. The highest BCUT2D eigenvalue weighted by molar-refractivity contribution is 9.10. The molecule has 0 radical (unpaired) electrons. The van der Waals surface area contributed by atoms with Crippen molar-refractivity contribution in [1.29, 1.82) is 0 Å². The van der Waals surface area contributed by atoms with Crippen molar-refractivity contribution >= 4 is 44.9 Å². The van der Waals surface area contributed by atoms with E-state index in [2.05, 4.69) is 26.6 Å². The van der Waals surface area contributed by atoms with Gasteiger partial charge in [-0.15, -0.1) is 0 Å². The van der Waals surface area contributed by atoms with Crippen molar-refractivity contribution in [2.45, 2.75) is 0 Å². The number of carbonyl (C=O) groups excluding carboxylic acids is 1. The van der Waals surface area contributed by atoms with E-state index in [1.54, 1.807) is 37.4 Å². The number of halogens is 1. The molecule has 2 aromatic carbocycles. The Kier molecular flexibility index (Phi) is 6.37. The maximum Gasteiger partial charge on any atom is 0.264 e. The number of carbonyl (C=O) groups is 1. The molecule has 0 fully saturated rings. The largest absolute Gasteiger partial charge is 0.496 e. The number of ether oxygens (including phenoxy) is 2. The summed E-state index contributed by atoms with van der Waals surface area (Å²) in [5, 5.41) is 5.68. The third kappa shape index (κ3) is 5.54. The second-order valence-electron chi connectivity index (χ2n) is 4.45. The first-order valence-electron chi connectivity index (χ1n) is 6.70. The van der Waals surface area contributed by atoms with E-state index in [0.717, 1.165) is 10.2 Å². The predicted octanol–water partition coefficient (Wildman–Crippen LogP) is 3.35. The molecule has 0 aliphatic carbocycles. The van der Waals surface area contributed by atoms with Gasteiger partial charge in [0.15, 0.2) is 11.7 Å². The third-order valence-corrected chi connectivity index (χ3v) is 3.60. The molecule has 0 aliphatic heterocycles. The summed E-state index contributed by atoms with van der Waals surface area (Å²) in [5.41, 5.74) is 0.729. The maximum atomic E-state index is 11.8. The zero-order chi connectivity index (χ0) is 16.7. The number of rotatable bonds is 5. The summed E-state index contributed by atoms with van der Waals surface area (Å²) in [6.45, 7) is -0.113. The van der Waals surface area contributed by atoms with Crippen LogP contribution in [0.4, 0.5) is 5.69 Å². The lowest BCUT2D eigenvalue weighted by molar-refractivity contribution is -0.121. The number of hydrogen-bond donors (Lipinski definition) is 2. The molecule has 0 saturated heterocycles. The summed E-state index contributed by atoms with van der Waals surface area (Å²) in [4.78, 5) is 11.8. The standard InChI is InChI=1S/C16H15BrN2O3S/c1-21-14-8-7-11(9-13(14)17)18-16(23)19-15(20)10-22-12-5-3-2-4-6-12/h2-9H,10H2,1H3,(H2,18,19,20,23). The van der Waals surface area contributed by atoms with Crippen molar-refractivity contribution in [2.75, 3.05) is 19.0 Å². The van der Waals surface area contributed by atoms with Gasteiger partial charge in [0.2, 0.25) is 0 Å². The summed E-state index contributed by atoms with van der Waals surface area (Å²) in [7, 11) is 1.59. The van der Waals surface area contributed by atoms with Crippen LogP contribution in [0, 0.1) is 0 Å². The number of hydrogen-bond acceptors (Lipinski definition) is 4. The van der Waals surface area contributed by atoms with Gasteiger partial charge in [0.05, 0.1) is 11.6 Å². The lowest BCUT2D eigenvalue weighted by atomic mass is 10.3. The van der Waals surface area contributed by atoms with Crippen LogP contribution < -0.4 is 20.1 Å². The summed E-state index contributed by atoms with van der Waals surface area (Å²) in [6, 6.07) is 14.5. The Morgan fingerprint density at radius 1 is 1.22 bits per heavy atom. The number of para-hydroxylation sites is 1. The molecular formula is C16H15BrN2O3S. The van der Waals surface area contributed by atoms with Crippen LogP contribution in [-0.2, 0) is 4.79 Å². The Morgan fingerprint density at radius 2 is 1.96 bits per heavy atom. The van der Waals surface area contributed by atoms with Gasteiger partial charge >= 0.3 is 0 Å². The molecule has 0 saturated carbocycles. The lowest BCUT2D eigenvalue weighted by Crippen LogP contribution is -2.37. The number of benzene rings is 2. The van der Waals surface area contributed by atoms with Crippen LogP contribution in [0.2, 0.25) is 0 Å². The topological polar surface area (TPSA) is 59.6 Å². The molecule has 0 unspecified atom stereocenters. The van der Waals surface area contributed by atoms with E-state index in [4.69, 9.17) is 21.7 Å². The van der Waals surface area contributed by atoms with E-state index < -0.39 is 0 Å². The second-order valence-corrected chi connectivity index (χ2v) is 5.72. The molecular weight excluding hydrogens is 380 g/mol. The van der Waals surface area contributed by atoms with Crippen LogP contribution >= 0.6 is 28.1 Å². The Labute approximate surface area is 148 Å². The van der Waals surface area contributed by atoms with Crippen molar-refractivity contribution in [2.24, 2.45) is 0 Å². The van der Waals surface area contributed by atoms with Crippen LogP contribution in [0.15, 0.2) is 53.0 Å². The molecule has 1 amide bonds. The molecule has 23 heavy (non-hydrogen) atoms. The van der Waals surface area contributed by atoms with E-state index >= 15 is 0 Å². The van der Waals surface area contributed by atoms with Crippen molar-refractivity contribution in [1.82, 2.24) is 5.32 Å². The molecule has 0 spiro atoms. The van der Waals surface area contributed by atoms with Crippen LogP contribution in [-0.4, -0.2) is 24.7 Å². The van der Waals surface area contributed by atoms with Crippen molar-refractivity contribution in [3.8, 4) is 11.5 Å². The highest BCUT2D eigenvalue weighted by atomic mass is 79.9. The normalized spacial score (nSPS) is 9.83. The van der Waals surface area contributed by atoms with Gasteiger partial charge in [-0.05, 0) is 58.5 Å². The Balaban J connectivity index is 1.82. The van der Waals surface area contributed by atoms with Crippen LogP contribution in [0.5, 0.6) is 11.5 Å². The van der Waals surface area contributed by atoms with E-state index in [0.29, 0.717) is 11.5 Å². The molecule has 5 nitrogen and oxygen atoms in total. The summed E-state index contributed by atoms with van der Waals surface area (Å²) < 4.78 is 11.3. The number of methoxy groups -OCH3 is 1. The minimum atomic E-state index is -0.334. The first kappa shape index (κ1) is 17.2. The van der Waals surface area contributed by atoms with Gasteiger partial charge in [-0.3, -0.25) is 10.1 Å². The van der Waals surface area contributed by atoms with Gasteiger partial charge < -0.3 is 14.8 Å². The second kappa shape index (κ2) is 8.50. The number of amides is 1. The average molecular weight is 395 g/mol. The zero-order valence-corrected chi connectivity index (χ0v) is 14.7. The maximum absolute atomic E-state index is 11.8. The van der Waals surface area contributed by atoms with E-state index in [-0.39, 0.29) is 17.6 Å². The van der Waals surface area contributed by atoms with E-state index in [1.807, 2.05) is 18.2 Å². The van der Waals surface area contributed by atoms with Gasteiger partial charge in [-0.25, -0.2) is 0 Å². The van der Waals surface area contributed by atoms with Crippen LogP contribution in [0.25, 0.3) is 0 Å². The molecule has 2 rings (SSSR count). The van der Waals surface area contributed by atoms with Crippen LogP contribution in [0.1, 0.15) is 0 Å². The molecule has 0 aromatic heterocycles. The number of anilines is 1. The zero-order valence-electron chi connectivity index (χ0n) is 12.3. The van der Waals surface area contributed by atoms with Gasteiger partial charge in [0, 0.05) is 5.69 Å².